The van der Waals surface area contributed by atoms with Gasteiger partial charge in [-0.2, -0.15) is 0 Å². The Morgan fingerprint density at radius 1 is 1.69 bits per heavy atom. The van der Waals surface area contributed by atoms with Crippen LogP contribution in [0.1, 0.15) is 13.3 Å². The zero-order chi connectivity index (χ0) is 9.84. The van der Waals surface area contributed by atoms with E-state index < -0.39 is 0 Å². The minimum atomic E-state index is -0.228. The molecular weight excluding hydrogens is 170 g/mol. The number of nitrogens with two attached hydrogens (primary N) is 1. The average Bonchev–Trinajstić information content (AvgIpc) is 2.17. The molecule has 0 spiro atoms. The van der Waals surface area contributed by atoms with Crippen molar-refractivity contribution in [1.82, 2.24) is 10.3 Å². The second kappa shape index (κ2) is 4.43. The fraction of sp³-hybridized carbons (Fsp3) is 0.875. The van der Waals surface area contributed by atoms with Gasteiger partial charge in [-0.05, 0) is 12.3 Å². The maximum absolute atomic E-state index is 11.2. The van der Waals surface area contributed by atoms with E-state index >= 15 is 0 Å². The van der Waals surface area contributed by atoms with E-state index in [-0.39, 0.29) is 12.1 Å². The summed E-state index contributed by atoms with van der Waals surface area (Å²) in [5.74, 6) is 5.55. The van der Waals surface area contributed by atoms with Crippen LogP contribution in [0.25, 0.3) is 0 Å². The fourth-order valence-corrected chi connectivity index (χ4v) is 1.62. The summed E-state index contributed by atoms with van der Waals surface area (Å²) in [5.41, 5.74) is 2.13. The number of piperidine rings is 1. The second-order valence-corrected chi connectivity index (χ2v) is 3.44. The summed E-state index contributed by atoms with van der Waals surface area (Å²) in [6.45, 7) is 3.51. The van der Waals surface area contributed by atoms with Crippen molar-refractivity contribution in [2.24, 2.45) is 11.8 Å². The Hall–Kier alpha value is -0.810. The predicted molar refractivity (Wildman–Crippen MR) is 48.9 cm³/mol. The number of hydrogen-bond acceptors (Lipinski definition) is 3. The molecule has 2 amide bonds. The van der Waals surface area contributed by atoms with Crippen molar-refractivity contribution in [2.45, 2.75) is 19.4 Å². The number of nitrogens with zero attached hydrogens (tertiary/aromatic N) is 1. The average molecular weight is 187 g/mol. The second-order valence-electron chi connectivity index (χ2n) is 3.44. The van der Waals surface area contributed by atoms with Crippen LogP contribution < -0.4 is 11.3 Å². The molecule has 1 heterocycles. The number of likely N-dealkylation sites (tertiary alicyclic amines) is 1. The van der Waals surface area contributed by atoms with E-state index in [9.17, 15) is 4.79 Å². The molecule has 1 rings (SSSR count). The molecule has 5 nitrogen and oxygen atoms in total. The molecule has 1 aliphatic rings. The first kappa shape index (κ1) is 10.3. The van der Waals surface area contributed by atoms with Crippen LogP contribution in [0.15, 0.2) is 0 Å². The van der Waals surface area contributed by atoms with Crippen molar-refractivity contribution in [1.29, 1.82) is 0 Å². The Labute approximate surface area is 78.2 Å². The molecular formula is C8H17N3O2. The number of ether oxygens (including phenoxy) is 1. The van der Waals surface area contributed by atoms with Gasteiger partial charge in [-0.1, -0.05) is 6.92 Å². The van der Waals surface area contributed by atoms with Gasteiger partial charge in [0.1, 0.15) is 0 Å². The lowest BCUT2D eigenvalue weighted by Gasteiger charge is -2.35. The quantitative estimate of drug-likeness (QED) is 0.343. The number of rotatable bonds is 1. The van der Waals surface area contributed by atoms with Gasteiger partial charge in [-0.3, -0.25) is 5.43 Å². The standard InChI is InChI=1S/C8H17N3O2/c1-6-3-4-11(8(12)10-9)5-7(6)13-2/h6-7H,3-5,9H2,1-2H3,(H,10,12). The Morgan fingerprint density at radius 2 is 2.38 bits per heavy atom. The molecule has 0 aromatic carbocycles. The van der Waals surface area contributed by atoms with Gasteiger partial charge >= 0.3 is 6.03 Å². The normalized spacial score (nSPS) is 28.7. The molecule has 0 aromatic rings. The molecule has 1 saturated heterocycles. The van der Waals surface area contributed by atoms with Crippen molar-refractivity contribution in [3.63, 3.8) is 0 Å². The summed E-state index contributed by atoms with van der Waals surface area (Å²) in [6.07, 6.45) is 1.09. The van der Waals surface area contributed by atoms with E-state index in [0.717, 1.165) is 13.0 Å². The highest BCUT2D eigenvalue weighted by Crippen LogP contribution is 2.18. The van der Waals surface area contributed by atoms with Gasteiger partial charge < -0.3 is 9.64 Å². The number of urea groups is 1. The first-order valence-corrected chi connectivity index (χ1v) is 4.47. The lowest BCUT2D eigenvalue weighted by atomic mass is 9.96. The van der Waals surface area contributed by atoms with Crippen LogP contribution in [0.4, 0.5) is 4.79 Å². The molecule has 0 aromatic heterocycles. The third-order valence-electron chi connectivity index (χ3n) is 2.60. The van der Waals surface area contributed by atoms with Gasteiger partial charge in [0.15, 0.2) is 0 Å². The van der Waals surface area contributed by atoms with Crippen LogP contribution in [0.3, 0.4) is 0 Å². The third-order valence-corrected chi connectivity index (χ3v) is 2.60. The van der Waals surface area contributed by atoms with Gasteiger partial charge in [0.2, 0.25) is 0 Å². The molecule has 1 fully saturated rings. The van der Waals surface area contributed by atoms with Gasteiger partial charge in [-0.25, -0.2) is 10.6 Å². The monoisotopic (exact) mass is 187 g/mol. The topological polar surface area (TPSA) is 67.6 Å². The first-order valence-electron chi connectivity index (χ1n) is 4.47. The Bertz CT molecular complexity index is 186. The van der Waals surface area contributed by atoms with E-state index in [1.54, 1.807) is 12.0 Å². The molecule has 1 aliphatic heterocycles. The van der Waals surface area contributed by atoms with Gasteiger partial charge in [-0.15, -0.1) is 0 Å². The van der Waals surface area contributed by atoms with Crippen LogP contribution in [-0.4, -0.2) is 37.2 Å². The number of amides is 2. The highest BCUT2D eigenvalue weighted by Gasteiger charge is 2.28. The molecule has 0 radical (unpaired) electrons. The van der Waals surface area contributed by atoms with Gasteiger partial charge in [0, 0.05) is 20.2 Å². The van der Waals surface area contributed by atoms with E-state index in [1.165, 1.54) is 0 Å². The lowest BCUT2D eigenvalue weighted by molar-refractivity contribution is 0.00720. The van der Waals surface area contributed by atoms with E-state index in [0.29, 0.717) is 12.5 Å². The minimum Gasteiger partial charge on any atom is -0.379 e. The van der Waals surface area contributed by atoms with Crippen LogP contribution in [-0.2, 0) is 4.74 Å². The number of hydrazine groups is 1. The zero-order valence-electron chi connectivity index (χ0n) is 8.12. The van der Waals surface area contributed by atoms with Gasteiger partial charge in [0.05, 0.1) is 6.10 Å². The Morgan fingerprint density at radius 3 is 2.92 bits per heavy atom. The number of carbonyl (C=O) groups excluding carboxylic acids is 1. The molecule has 0 aliphatic carbocycles. The SMILES string of the molecule is COC1CN(C(=O)NN)CCC1C. The maximum atomic E-state index is 11.2. The molecule has 76 valence electrons. The molecule has 0 bridgehead atoms. The smallest absolute Gasteiger partial charge is 0.331 e. The molecule has 5 heteroatoms. The summed E-state index contributed by atoms with van der Waals surface area (Å²) < 4.78 is 5.27. The third kappa shape index (κ3) is 2.32. The van der Waals surface area contributed by atoms with Crippen molar-refractivity contribution in [2.75, 3.05) is 20.2 Å². The molecule has 3 N–H and O–H groups in total. The van der Waals surface area contributed by atoms with Crippen molar-refractivity contribution in [3.8, 4) is 0 Å². The predicted octanol–water partition coefficient (Wildman–Crippen LogP) is -0.0735. The summed E-state index contributed by atoms with van der Waals surface area (Å²) in [6, 6.07) is -0.228. The van der Waals surface area contributed by atoms with Crippen molar-refractivity contribution in [3.05, 3.63) is 0 Å². The summed E-state index contributed by atoms with van der Waals surface area (Å²) in [4.78, 5) is 12.8. The van der Waals surface area contributed by atoms with Gasteiger partial charge in [0.25, 0.3) is 0 Å². The summed E-state index contributed by atoms with van der Waals surface area (Å²) in [5, 5.41) is 0. The van der Waals surface area contributed by atoms with Crippen LogP contribution >= 0.6 is 0 Å². The molecule has 13 heavy (non-hydrogen) atoms. The van der Waals surface area contributed by atoms with Crippen molar-refractivity contribution >= 4 is 6.03 Å². The summed E-state index contributed by atoms with van der Waals surface area (Å²) >= 11 is 0. The van der Waals surface area contributed by atoms with Crippen LogP contribution in [0.2, 0.25) is 0 Å². The van der Waals surface area contributed by atoms with E-state index in [1.807, 2.05) is 0 Å². The van der Waals surface area contributed by atoms with E-state index in [2.05, 4.69) is 12.3 Å². The number of methoxy groups -OCH3 is 1. The maximum Gasteiger partial charge on any atom is 0.331 e. The Balaban J connectivity index is 2.49. The number of hydrogen-bond donors (Lipinski definition) is 2. The largest absolute Gasteiger partial charge is 0.379 e. The lowest BCUT2D eigenvalue weighted by Crippen LogP contribution is -2.51. The Kier molecular flexibility index (Phi) is 3.50. The van der Waals surface area contributed by atoms with Crippen LogP contribution in [0, 0.1) is 5.92 Å². The van der Waals surface area contributed by atoms with Crippen LogP contribution in [0.5, 0.6) is 0 Å². The zero-order valence-corrected chi connectivity index (χ0v) is 8.12. The molecule has 0 saturated carbocycles. The van der Waals surface area contributed by atoms with E-state index in [4.69, 9.17) is 10.6 Å². The first-order chi connectivity index (χ1) is 6.19. The number of nitrogens with one attached hydrogen (secondary N) is 1. The molecule has 2 atom stereocenters. The fourth-order valence-electron chi connectivity index (χ4n) is 1.62. The summed E-state index contributed by atoms with van der Waals surface area (Å²) in [7, 11) is 1.67. The highest BCUT2D eigenvalue weighted by molar-refractivity contribution is 5.73. The highest BCUT2D eigenvalue weighted by atomic mass is 16.5. The minimum absolute atomic E-state index is 0.131. The number of carbonyl (C=O) groups is 1. The molecule has 2 unspecified atom stereocenters. The van der Waals surface area contributed by atoms with Crippen molar-refractivity contribution < 1.29 is 9.53 Å².